The van der Waals surface area contributed by atoms with Crippen molar-refractivity contribution in [3.05, 3.63) is 173 Å². The molecule has 4 aromatic carbocycles. The van der Waals surface area contributed by atoms with E-state index in [9.17, 15) is 9.90 Å². The van der Waals surface area contributed by atoms with Gasteiger partial charge in [0.05, 0.1) is 24.4 Å². The lowest BCUT2D eigenvalue weighted by Crippen LogP contribution is -2.39. The number of ether oxygens (including phenoxy) is 2. The smallest absolute Gasteiger partial charge is 0.253 e. The maximum atomic E-state index is 12.5. The Kier molecular flexibility index (Phi) is 10.6. The summed E-state index contributed by atoms with van der Waals surface area (Å²) in [6.45, 7) is 2.74. The van der Waals surface area contributed by atoms with Gasteiger partial charge in [0, 0.05) is 50.6 Å². The highest BCUT2D eigenvalue weighted by Gasteiger charge is 2.33. The van der Waals surface area contributed by atoms with Crippen molar-refractivity contribution >= 4 is 5.91 Å². The van der Waals surface area contributed by atoms with E-state index >= 15 is 0 Å². The number of amides is 1. The molecule has 0 radical (unpaired) electrons. The molecule has 0 spiro atoms. The zero-order valence-electron chi connectivity index (χ0n) is 25.7. The molecule has 0 bridgehead atoms. The summed E-state index contributed by atoms with van der Waals surface area (Å²) >= 11 is 0. The van der Waals surface area contributed by atoms with E-state index in [0.717, 1.165) is 41.9 Å². The van der Waals surface area contributed by atoms with Gasteiger partial charge in [0.25, 0.3) is 5.91 Å². The second-order valence-corrected chi connectivity index (χ2v) is 11.7. The van der Waals surface area contributed by atoms with E-state index in [4.69, 9.17) is 9.47 Å². The molecule has 7 nitrogen and oxygen atoms in total. The fourth-order valence-corrected chi connectivity index (χ4v) is 5.76. The van der Waals surface area contributed by atoms with E-state index in [2.05, 4.69) is 63.7 Å². The van der Waals surface area contributed by atoms with Crippen LogP contribution in [0, 0.1) is 0 Å². The molecule has 3 atom stereocenters. The summed E-state index contributed by atoms with van der Waals surface area (Å²) in [5.74, 6) is -0.162. The van der Waals surface area contributed by atoms with Crippen LogP contribution in [0.15, 0.2) is 134 Å². The lowest BCUT2D eigenvalue weighted by atomic mass is 9.99. The minimum Gasteiger partial charge on any atom is -0.392 e. The number of carbonyl (C=O) groups excluding carboxylic acids is 1. The Hall–Kier alpha value is -4.66. The van der Waals surface area contributed by atoms with Crippen LogP contribution in [0.4, 0.5) is 0 Å². The molecular formula is C39H39N3O4. The van der Waals surface area contributed by atoms with Crippen molar-refractivity contribution in [2.45, 2.75) is 51.2 Å². The Morgan fingerprint density at radius 3 is 1.98 bits per heavy atom. The maximum Gasteiger partial charge on any atom is 0.253 e. The minimum atomic E-state index is -0.560. The van der Waals surface area contributed by atoms with Crippen LogP contribution in [0.1, 0.15) is 62.6 Å². The first-order valence-electron chi connectivity index (χ1n) is 15.7. The minimum absolute atomic E-state index is 0.00311. The third kappa shape index (κ3) is 8.53. The van der Waals surface area contributed by atoms with Crippen LogP contribution in [0.5, 0.6) is 0 Å². The SMILES string of the molecule is O=C(NCc1ccc([C@H]2O[C@@H](CN(Cc3ccccc3)Cc3ccccc3)C[C@@H](c3ccc(CO)cc3)O2)cc1)c1cccnc1. The summed E-state index contributed by atoms with van der Waals surface area (Å²) < 4.78 is 13.3. The molecule has 1 aromatic heterocycles. The third-order valence-corrected chi connectivity index (χ3v) is 8.20. The van der Waals surface area contributed by atoms with Crippen molar-refractivity contribution in [3.8, 4) is 0 Å². The van der Waals surface area contributed by atoms with Gasteiger partial charge in [0.15, 0.2) is 6.29 Å². The lowest BCUT2D eigenvalue weighted by Gasteiger charge is -2.38. The summed E-state index contributed by atoms with van der Waals surface area (Å²) in [5, 5.41) is 12.5. The molecule has 6 rings (SSSR count). The highest BCUT2D eigenvalue weighted by atomic mass is 16.7. The molecule has 234 valence electrons. The Balaban J connectivity index is 1.19. The predicted octanol–water partition coefficient (Wildman–Crippen LogP) is 6.75. The van der Waals surface area contributed by atoms with Crippen molar-refractivity contribution < 1.29 is 19.4 Å². The molecule has 1 aliphatic heterocycles. The summed E-state index contributed by atoms with van der Waals surface area (Å²) in [7, 11) is 0. The molecule has 1 fully saturated rings. The number of rotatable bonds is 12. The normalized spacial score (nSPS) is 17.9. The van der Waals surface area contributed by atoms with Gasteiger partial charge in [-0.15, -0.1) is 0 Å². The summed E-state index contributed by atoms with van der Waals surface area (Å²) in [5.41, 5.74) is 6.85. The van der Waals surface area contributed by atoms with Crippen LogP contribution in [-0.4, -0.2) is 33.5 Å². The van der Waals surface area contributed by atoms with Gasteiger partial charge in [-0.2, -0.15) is 0 Å². The monoisotopic (exact) mass is 613 g/mol. The first kappa shape index (κ1) is 31.3. The van der Waals surface area contributed by atoms with Crippen molar-refractivity contribution in [1.29, 1.82) is 0 Å². The van der Waals surface area contributed by atoms with Crippen molar-refractivity contribution in [3.63, 3.8) is 0 Å². The molecular weight excluding hydrogens is 574 g/mol. The van der Waals surface area contributed by atoms with Crippen LogP contribution >= 0.6 is 0 Å². The van der Waals surface area contributed by atoms with Crippen LogP contribution in [-0.2, 0) is 35.7 Å². The lowest BCUT2D eigenvalue weighted by molar-refractivity contribution is -0.253. The van der Waals surface area contributed by atoms with Gasteiger partial charge in [0.2, 0.25) is 0 Å². The van der Waals surface area contributed by atoms with Crippen molar-refractivity contribution in [2.24, 2.45) is 0 Å². The number of nitrogens with zero attached hydrogens (tertiary/aromatic N) is 2. The molecule has 1 aliphatic rings. The maximum absolute atomic E-state index is 12.5. The first-order valence-corrected chi connectivity index (χ1v) is 15.7. The fraction of sp³-hybridized carbons (Fsp3) is 0.231. The van der Waals surface area contributed by atoms with Gasteiger partial charge in [0.1, 0.15) is 0 Å². The number of nitrogens with one attached hydrogen (secondary N) is 1. The van der Waals surface area contributed by atoms with E-state index in [1.165, 1.54) is 11.1 Å². The quantitative estimate of drug-likeness (QED) is 0.162. The topological polar surface area (TPSA) is 83.9 Å². The van der Waals surface area contributed by atoms with Crippen LogP contribution in [0.3, 0.4) is 0 Å². The average molecular weight is 614 g/mol. The van der Waals surface area contributed by atoms with E-state index in [1.54, 1.807) is 24.5 Å². The summed E-state index contributed by atoms with van der Waals surface area (Å²) in [6, 6.07) is 40.5. The Morgan fingerprint density at radius 2 is 1.37 bits per heavy atom. The number of hydrogen-bond acceptors (Lipinski definition) is 6. The molecule has 5 aromatic rings. The standard InChI is InChI=1S/C39H39N3O4/c43-28-32-15-17-33(18-16-32)37-22-36(27-42(25-30-8-3-1-4-9-30)26-31-10-5-2-6-11-31)45-39(46-37)34-19-13-29(14-20-34)23-41-38(44)35-12-7-21-40-24-35/h1-21,24,36-37,39,43H,22-23,25-28H2,(H,41,44)/t36-,37+,39+/m1/s1. The number of pyridine rings is 1. The fourth-order valence-electron chi connectivity index (χ4n) is 5.76. The average Bonchev–Trinajstić information content (AvgIpc) is 3.12. The largest absolute Gasteiger partial charge is 0.392 e. The second kappa shape index (κ2) is 15.6. The Morgan fingerprint density at radius 1 is 0.739 bits per heavy atom. The Labute approximate surface area is 270 Å². The zero-order chi connectivity index (χ0) is 31.6. The van der Waals surface area contributed by atoms with Gasteiger partial charge in [-0.25, -0.2) is 0 Å². The molecule has 1 amide bonds. The molecule has 2 heterocycles. The molecule has 0 unspecified atom stereocenters. The van der Waals surface area contributed by atoms with E-state index < -0.39 is 6.29 Å². The molecule has 1 saturated heterocycles. The number of aliphatic hydroxyl groups excluding tert-OH is 1. The van der Waals surface area contributed by atoms with Crippen molar-refractivity contribution in [2.75, 3.05) is 6.54 Å². The van der Waals surface area contributed by atoms with E-state index in [1.807, 2.05) is 60.7 Å². The van der Waals surface area contributed by atoms with Gasteiger partial charge in [-0.1, -0.05) is 109 Å². The highest BCUT2D eigenvalue weighted by Crippen LogP contribution is 2.38. The van der Waals surface area contributed by atoms with Crippen molar-refractivity contribution in [1.82, 2.24) is 15.2 Å². The van der Waals surface area contributed by atoms with Gasteiger partial charge in [-0.05, 0) is 39.9 Å². The summed E-state index contributed by atoms with van der Waals surface area (Å²) in [6.07, 6.45) is 3.08. The number of aromatic nitrogens is 1. The van der Waals surface area contributed by atoms with Crippen LogP contribution < -0.4 is 5.32 Å². The number of carbonyl (C=O) groups is 1. The van der Waals surface area contributed by atoms with Crippen LogP contribution in [0.2, 0.25) is 0 Å². The first-order chi connectivity index (χ1) is 22.6. The Bertz CT molecular complexity index is 1610. The highest BCUT2D eigenvalue weighted by molar-refractivity contribution is 5.93. The van der Waals surface area contributed by atoms with Crippen LogP contribution in [0.25, 0.3) is 0 Å². The number of hydrogen-bond donors (Lipinski definition) is 2. The summed E-state index contributed by atoms with van der Waals surface area (Å²) in [4.78, 5) is 19.0. The molecule has 7 heteroatoms. The van der Waals surface area contributed by atoms with E-state index in [0.29, 0.717) is 18.5 Å². The molecule has 46 heavy (non-hydrogen) atoms. The second-order valence-electron chi connectivity index (χ2n) is 11.7. The number of aliphatic hydroxyl groups is 1. The molecule has 0 aliphatic carbocycles. The van der Waals surface area contributed by atoms with Gasteiger partial charge < -0.3 is 19.9 Å². The van der Waals surface area contributed by atoms with Gasteiger partial charge in [-0.3, -0.25) is 14.7 Å². The third-order valence-electron chi connectivity index (χ3n) is 8.20. The predicted molar refractivity (Wildman–Crippen MR) is 177 cm³/mol. The number of benzene rings is 4. The zero-order valence-corrected chi connectivity index (χ0v) is 25.7. The van der Waals surface area contributed by atoms with E-state index in [-0.39, 0.29) is 24.7 Å². The molecule has 0 saturated carbocycles. The molecule has 2 N–H and O–H groups in total. The van der Waals surface area contributed by atoms with Gasteiger partial charge >= 0.3 is 0 Å².